The molecule has 2 atom stereocenters. The number of hydrogen-bond donors (Lipinski definition) is 3. The van der Waals surface area contributed by atoms with E-state index in [0.717, 1.165) is 5.56 Å². The van der Waals surface area contributed by atoms with Gasteiger partial charge in [-0.15, -0.1) is 0 Å². The van der Waals surface area contributed by atoms with Crippen LogP contribution in [0.15, 0.2) is 71.8 Å². The monoisotopic (exact) mass is 562 g/mol. The number of ether oxygens (including phenoxy) is 1. The summed E-state index contributed by atoms with van der Waals surface area (Å²) in [6.45, 7) is 0.0235. The smallest absolute Gasteiger partial charge is 0.411 e. The molecule has 6 rings (SSSR count). The molecule has 1 unspecified atom stereocenters. The zero-order valence-electron chi connectivity index (χ0n) is 21.3. The van der Waals surface area contributed by atoms with Gasteiger partial charge in [0.2, 0.25) is 5.91 Å². The van der Waals surface area contributed by atoms with Crippen LogP contribution >= 0.6 is 0 Å². The SMILES string of the molecule is CN1Cc2cc(ccc2S(=O)[O-])NC(=O)OCCc2ccc(cc2)[C@@H](Nc2cc(F)c3c(N)nccc3c2)C1=O. The van der Waals surface area contributed by atoms with Crippen LogP contribution in [0.25, 0.3) is 10.8 Å². The maximum atomic E-state index is 15.0. The van der Waals surface area contributed by atoms with Crippen LogP contribution < -0.4 is 16.4 Å². The fourth-order valence-electron chi connectivity index (χ4n) is 4.62. The van der Waals surface area contributed by atoms with E-state index in [9.17, 15) is 18.4 Å². The van der Waals surface area contributed by atoms with Crippen molar-refractivity contribution in [1.82, 2.24) is 9.88 Å². The van der Waals surface area contributed by atoms with Gasteiger partial charge in [0.15, 0.2) is 0 Å². The number of nitrogens with two attached hydrogens (primary N) is 1. The lowest BCUT2D eigenvalue weighted by Crippen LogP contribution is -2.35. The van der Waals surface area contributed by atoms with Crippen LogP contribution in [0.3, 0.4) is 0 Å². The molecule has 2 amide bonds. The molecule has 10 nitrogen and oxygen atoms in total. The zero-order valence-corrected chi connectivity index (χ0v) is 22.2. The van der Waals surface area contributed by atoms with Gasteiger partial charge < -0.3 is 25.2 Å². The lowest BCUT2D eigenvalue weighted by Gasteiger charge is -2.27. The van der Waals surface area contributed by atoms with Gasteiger partial charge in [-0.25, -0.2) is 14.2 Å². The van der Waals surface area contributed by atoms with Gasteiger partial charge in [-0.05, 0) is 69.6 Å². The molecule has 1 aromatic heterocycles. The minimum Gasteiger partial charge on any atom is -0.768 e. The molecule has 0 aliphatic carbocycles. The summed E-state index contributed by atoms with van der Waals surface area (Å²) in [7, 11) is 1.54. The molecule has 206 valence electrons. The van der Waals surface area contributed by atoms with Crippen LogP contribution in [-0.4, -0.2) is 44.3 Å². The number of carbonyl (C=O) groups is 2. The van der Waals surface area contributed by atoms with Crippen LogP contribution in [-0.2, 0) is 33.6 Å². The average molecular weight is 563 g/mol. The molecule has 12 heteroatoms. The standard InChI is InChI=1S/C28H26FN5O5S/c1-34-15-19-13-20(6-7-23(19)40(37)38)33-28(36)39-11-9-16-2-4-17(5-3-16)25(27(34)35)32-21-12-18-8-10-31-26(30)24(18)22(29)14-21/h2-8,10,12-14,25,32H,9,11,15H2,1H3,(H2,30,31)(H,33,36)(H,37,38)/p-1/t25-/m1/s1. The molecule has 4 bridgehead atoms. The summed E-state index contributed by atoms with van der Waals surface area (Å²) in [6.07, 6.45) is 1.23. The number of amides is 2. The Labute approximate surface area is 231 Å². The lowest BCUT2D eigenvalue weighted by atomic mass is 10.0. The van der Waals surface area contributed by atoms with E-state index in [1.165, 1.54) is 42.4 Å². The van der Waals surface area contributed by atoms with Crippen LogP contribution in [0.5, 0.6) is 0 Å². The highest BCUT2D eigenvalue weighted by Crippen LogP contribution is 2.30. The third-order valence-corrected chi connectivity index (χ3v) is 7.37. The molecule has 4 aromatic rings. The molecule has 2 aliphatic heterocycles. The molecule has 40 heavy (non-hydrogen) atoms. The van der Waals surface area contributed by atoms with Gasteiger partial charge in [0.05, 0.1) is 12.0 Å². The first-order chi connectivity index (χ1) is 19.2. The van der Waals surface area contributed by atoms with E-state index < -0.39 is 34.9 Å². The average Bonchev–Trinajstić information content (AvgIpc) is 2.91. The van der Waals surface area contributed by atoms with E-state index in [1.807, 2.05) is 12.1 Å². The first-order valence-electron chi connectivity index (χ1n) is 12.3. The highest BCUT2D eigenvalue weighted by atomic mass is 32.2. The molecule has 0 saturated heterocycles. The Bertz CT molecular complexity index is 1630. The van der Waals surface area contributed by atoms with Gasteiger partial charge in [-0.3, -0.25) is 14.3 Å². The Morgan fingerprint density at radius 1 is 1.15 bits per heavy atom. The molecule has 3 aromatic carbocycles. The van der Waals surface area contributed by atoms with Crippen molar-refractivity contribution < 1.29 is 27.5 Å². The number of nitrogens with zero attached hydrogens (tertiary/aromatic N) is 2. The zero-order chi connectivity index (χ0) is 28.4. The van der Waals surface area contributed by atoms with E-state index in [1.54, 1.807) is 24.3 Å². The molecule has 0 spiro atoms. The normalized spacial score (nSPS) is 16.9. The van der Waals surface area contributed by atoms with Crippen LogP contribution in [0.1, 0.15) is 22.7 Å². The van der Waals surface area contributed by atoms with Crippen molar-refractivity contribution in [2.45, 2.75) is 23.9 Å². The number of rotatable bonds is 3. The van der Waals surface area contributed by atoms with E-state index in [0.29, 0.717) is 34.3 Å². The molecule has 4 N–H and O–H groups in total. The third kappa shape index (κ3) is 5.72. The fraction of sp³-hybridized carbons (Fsp3) is 0.179. The largest absolute Gasteiger partial charge is 0.768 e. The van der Waals surface area contributed by atoms with Crippen molar-refractivity contribution in [2.75, 3.05) is 30.0 Å². The van der Waals surface area contributed by atoms with Crippen molar-refractivity contribution >= 4 is 51.0 Å². The Hall–Kier alpha value is -4.55. The second kappa shape index (κ2) is 11.3. The number of carbonyl (C=O) groups excluding carboxylic acids is 2. The predicted octanol–water partition coefficient (Wildman–Crippen LogP) is 4.11. The molecule has 0 radical (unpaired) electrons. The van der Waals surface area contributed by atoms with Crippen LogP contribution in [0.4, 0.5) is 26.4 Å². The summed E-state index contributed by atoms with van der Waals surface area (Å²) in [5.74, 6) is -0.919. The number of halogens is 1. The number of nitrogens with one attached hydrogen (secondary N) is 2. The van der Waals surface area contributed by atoms with E-state index >= 15 is 4.39 Å². The van der Waals surface area contributed by atoms with Crippen molar-refractivity contribution in [2.24, 2.45) is 0 Å². The Morgan fingerprint density at radius 3 is 2.67 bits per heavy atom. The second-order valence-corrected chi connectivity index (χ2v) is 10.2. The molecule has 0 saturated carbocycles. The Kier molecular flexibility index (Phi) is 7.63. The summed E-state index contributed by atoms with van der Waals surface area (Å²) >= 11 is -2.59. The maximum Gasteiger partial charge on any atom is 0.411 e. The Balaban J connectivity index is 1.55. The molecule has 3 heterocycles. The van der Waals surface area contributed by atoms with Gasteiger partial charge >= 0.3 is 6.09 Å². The van der Waals surface area contributed by atoms with Crippen LogP contribution in [0.2, 0.25) is 0 Å². The highest BCUT2D eigenvalue weighted by molar-refractivity contribution is 7.79. The maximum absolute atomic E-state index is 15.0. The predicted molar refractivity (Wildman–Crippen MR) is 148 cm³/mol. The fourth-order valence-corrected chi connectivity index (χ4v) is 5.14. The first kappa shape index (κ1) is 27.0. The van der Waals surface area contributed by atoms with Crippen molar-refractivity contribution in [3.8, 4) is 0 Å². The van der Waals surface area contributed by atoms with Crippen LogP contribution in [0, 0.1) is 5.82 Å². The van der Waals surface area contributed by atoms with E-state index in [2.05, 4.69) is 15.6 Å². The first-order valence-corrected chi connectivity index (χ1v) is 13.4. The number of benzene rings is 3. The van der Waals surface area contributed by atoms with Gasteiger partial charge in [-0.1, -0.05) is 24.3 Å². The number of likely N-dealkylation sites (N-methyl/N-ethyl adjacent to an activating group) is 1. The van der Waals surface area contributed by atoms with Gasteiger partial charge in [0.1, 0.15) is 17.7 Å². The molecule has 2 aliphatic rings. The number of anilines is 3. The number of hydrogen-bond acceptors (Lipinski definition) is 8. The van der Waals surface area contributed by atoms with Gasteiger partial charge in [0, 0.05) is 42.5 Å². The summed E-state index contributed by atoms with van der Waals surface area (Å²) in [4.78, 5) is 31.4. The van der Waals surface area contributed by atoms with Gasteiger partial charge in [0.25, 0.3) is 0 Å². The summed E-state index contributed by atoms with van der Waals surface area (Å²) in [6, 6.07) is 15.1. The lowest BCUT2D eigenvalue weighted by molar-refractivity contribution is -0.131. The second-order valence-electron chi connectivity index (χ2n) is 9.33. The van der Waals surface area contributed by atoms with Gasteiger partial charge in [-0.2, -0.15) is 0 Å². The molecule has 0 fully saturated rings. The summed E-state index contributed by atoms with van der Waals surface area (Å²) in [5, 5.41) is 6.44. The third-order valence-electron chi connectivity index (χ3n) is 6.61. The minimum atomic E-state index is -2.59. The molecular formula is C28H25FN5O5S-. The van der Waals surface area contributed by atoms with E-state index in [4.69, 9.17) is 10.5 Å². The number of nitrogen functional groups attached to an aromatic ring is 1. The minimum absolute atomic E-state index is 0.0173. The summed E-state index contributed by atoms with van der Waals surface area (Å²) in [5.41, 5.74) is 8.30. The number of aromatic nitrogens is 1. The van der Waals surface area contributed by atoms with Crippen molar-refractivity contribution in [3.05, 3.63) is 89.4 Å². The topological polar surface area (TPSA) is 150 Å². The number of pyridine rings is 1. The number of fused-ring (bicyclic) bond motifs is 10. The summed E-state index contributed by atoms with van der Waals surface area (Å²) < 4.78 is 44.1. The highest BCUT2D eigenvalue weighted by Gasteiger charge is 2.26. The van der Waals surface area contributed by atoms with Crippen molar-refractivity contribution in [1.29, 1.82) is 0 Å². The Morgan fingerprint density at radius 2 is 1.93 bits per heavy atom. The van der Waals surface area contributed by atoms with E-state index in [-0.39, 0.29) is 29.3 Å². The molecular weight excluding hydrogens is 537 g/mol. The van der Waals surface area contributed by atoms with Crippen molar-refractivity contribution in [3.63, 3.8) is 0 Å². The quantitative estimate of drug-likeness (QED) is 0.316.